The molecule has 0 radical (unpaired) electrons. The van der Waals surface area contributed by atoms with Crippen molar-refractivity contribution in [1.82, 2.24) is 25.0 Å². The van der Waals surface area contributed by atoms with Gasteiger partial charge in [0.25, 0.3) is 0 Å². The minimum Gasteiger partial charge on any atom is -0.373 e. The third-order valence-corrected chi connectivity index (χ3v) is 2.28. The van der Waals surface area contributed by atoms with E-state index in [1.54, 1.807) is 10.9 Å². The monoisotopic (exact) mass is 204 g/mol. The smallest absolute Gasteiger partial charge is 0.132 e. The van der Waals surface area contributed by atoms with E-state index in [4.69, 9.17) is 0 Å². The molecule has 0 spiro atoms. The second-order valence-corrected chi connectivity index (χ2v) is 3.19. The first-order valence-corrected chi connectivity index (χ1v) is 4.58. The second-order valence-electron chi connectivity index (χ2n) is 3.19. The van der Waals surface area contributed by atoms with Gasteiger partial charge in [-0.2, -0.15) is 0 Å². The quantitative estimate of drug-likeness (QED) is 0.776. The summed E-state index contributed by atoms with van der Waals surface area (Å²) in [4.78, 5) is 8.36. The maximum atomic E-state index is 4.24. The molecule has 2 aromatic rings. The molecule has 0 aliphatic rings. The molecule has 15 heavy (non-hydrogen) atoms. The summed E-state index contributed by atoms with van der Waals surface area (Å²) in [7, 11) is 3.67. The molecule has 0 aliphatic carbocycles. The first-order valence-electron chi connectivity index (χ1n) is 4.58. The highest BCUT2D eigenvalue weighted by Crippen LogP contribution is 2.22. The number of hydrogen-bond donors (Lipinski definition) is 1. The Balaban J connectivity index is 2.59. The molecule has 78 valence electrons. The van der Waals surface area contributed by atoms with Gasteiger partial charge in [-0.15, -0.1) is 5.10 Å². The number of nitrogens with one attached hydrogen (secondary N) is 1. The first-order chi connectivity index (χ1) is 7.24. The van der Waals surface area contributed by atoms with Gasteiger partial charge >= 0.3 is 0 Å². The molecule has 0 atom stereocenters. The van der Waals surface area contributed by atoms with E-state index >= 15 is 0 Å². The predicted molar refractivity (Wildman–Crippen MR) is 56.3 cm³/mol. The van der Waals surface area contributed by atoms with Crippen molar-refractivity contribution < 1.29 is 0 Å². The number of aromatic nitrogens is 5. The zero-order valence-electron chi connectivity index (χ0n) is 8.89. The Morgan fingerprint density at radius 1 is 1.33 bits per heavy atom. The van der Waals surface area contributed by atoms with Crippen LogP contribution in [-0.2, 0) is 7.05 Å². The molecule has 2 rings (SSSR count). The van der Waals surface area contributed by atoms with Gasteiger partial charge in [-0.25, -0.2) is 14.6 Å². The minimum atomic E-state index is 0.821. The number of aryl methyl sites for hydroxylation is 1. The lowest BCUT2D eigenvalue weighted by Crippen LogP contribution is -2.02. The summed E-state index contributed by atoms with van der Waals surface area (Å²) in [6.45, 7) is 1.97. The molecule has 6 heteroatoms. The molecule has 2 heterocycles. The molecule has 0 aliphatic heterocycles. The van der Waals surface area contributed by atoms with Crippen molar-refractivity contribution >= 4 is 5.82 Å². The fourth-order valence-corrected chi connectivity index (χ4v) is 1.46. The molecule has 2 aromatic heterocycles. The molecule has 0 fully saturated rings. The Labute approximate surface area is 87.4 Å². The SMILES string of the molecule is CNc1ncnc(-c2cnnn2C)c1C. The normalized spacial score (nSPS) is 10.3. The van der Waals surface area contributed by atoms with Crippen molar-refractivity contribution in [3.8, 4) is 11.4 Å². The van der Waals surface area contributed by atoms with Gasteiger partial charge in [0.1, 0.15) is 17.8 Å². The van der Waals surface area contributed by atoms with Gasteiger partial charge in [0.2, 0.25) is 0 Å². The summed E-state index contributed by atoms with van der Waals surface area (Å²) in [5.74, 6) is 0.821. The van der Waals surface area contributed by atoms with Crippen molar-refractivity contribution in [2.75, 3.05) is 12.4 Å². The molecule has 1 N–H and O–H groups in total. The summed E-state index contributed by atoms with van der Waals surface area (Å²) in [5.41, 5.74) is 2.72. The van der Waals surface area contributed by atoms with E-state index in [0.717, 1.165) is 22.8 Å². The Hall–Kier alpha value is -1.98. The molecule has 0 unspecified atom stereocenters. The minimum absolute atomic E-state index is 0.821. The average Bonchev–Trinajstić information content (AvgIpc) is 2.65. The van der Waals surface area contributed by atoms with E-state index in [9.17, 15) is 0 Å². The molecule has 0 saturated carbocycles. The summed E-state index contributed by atoms with van der Waals surface area (Å²) >= 11 is 0. The summed E-state index contributed by atoms with van der Waals surface area (Å²) in [5, 5.41) is 10.7. The molecule has 0 amide bonds. The van der Waals surface area contributed by atoms with Crippen LogP contribution in [0.4, 0.5) is 5.82 Å². The molecule has 0 saturated heterocycles. The van der Waals surface area contributed by atoms with Crippen LogP contribution in [-0.4, -0.2) is 32.0 Å². The van der Waals surface area contributed by atoms with Gasteiger partial charge in [-0.05, 0) is 6.92 Å². The standard InChI is InChI=1S/C9H12N6/c1-6-8(7-4-13-14-15(7)3)11-5-12-9(6)10-2/h4-5H,1-3H3,(H,10,11,12). The van der Waals surface area contributed by atoms with Gasteiger partial charge in [-0.3, -0.25) is 0 Å². The third kappa shape index (κ3) is 1.54. The molecular formula is C9H12N6. The van der Waals surface area contributed by atoms with Gasteiger partial charge in [0.15, 0.2) is 0 Å². The van der Waals surface area contributed by atoms with Crippen LogP contribution in [0, 0.1) is 6.92 Å². The lowest BCUT2D eigenvalue weighted by atomic mass is 10.2. The Morgan fingerprint density at radius 2 is 2.13 bits per heavy atom. The number of hydrogen-bond acceptors (Lipinski definition) is 5. The topological polar surface area (TPSA) is 68.5 Å². The van der Waals surface area contributed by atoms with Crippen LogP contribution in [0.5, 0.6) is 0 Å². The largest absolute Gasteiger partial charge is 0.373 e. The second kappa shape index (κ2) is 3.64. The lowest BCUT2D eigenvalue weighted by molar-refractivity contribution is 0.718. The van der Waals surface area contributed by atoms with Crippen LogP contribution in [0.3, 0.4) is 0 Å². The first kappa shape index (κ1) is 9.57. The summed E-state index contributed by atoms with van der Waals surface area (Å²) in [6.07, 6.45) is 3.22. The summed E-state index contributed by atoms with van der Waals surface area (Å²) < 4.78 is 1.69. The van der Waals surface area contributed by atoms with Crippen molar-refractivity contribution in [2.24, 2.45) is 7.05 Å². The average molecular weight is 204 g/mol. The predicted octanol–water partition coefficient (Wildman–Crippen LogP) is 0.622. The zero-order valence-corrected chi connectivity index (χ0v) is 8.89. The fraction of sp³-hybridized carbons (Fsp3) is 0.333. The van der Waals surface area contributed by atoms with Crippen LogP contribution in [0.15, 0.2) is 12.5 Å². The van der Waals surface area contributed by atoms with Crippen LogP contribution in [0.2, 0.25) is 0 Å². The van der Waals surface area contributed by atoms with Crippen molar-refractivity contribution in [3.63, 3.8) is 0 Å². The van der Waals surface area contributed by atoms with Crippen LogP contribution >= 0.6 is 0 Å². The van der Waals surface area contributed by atoms with Crippen molar-refractivity contribution in [1.29, 1.82) is 0 Å². The Kier molecular flexibility index (Phi) is 2.32. The van der Waals surface area contributed by atoms with Crippen molar-refractivity contribution in [3.05, 3.63) is 18.1 Å². The highest BCUT2D eigenvalue weighted by Gasteiger charge is 2.11. The maximum absolute atomic E-state index is 4.24. The third-order valence-electron chi connectivity index (χ3n) is 2.28. The molecule has 0 bridgehead atoms. The molecule has 0 aromatic carbocycles. The zero-order chi connectivity index (χ0) is 10.8. The van der Waals surface area contributed by atoms with E-state index < -0.39 is 0 Å². The molecule has 6 nitrogen and oxygen atoms in total. The van der Waals surface area contributed by atoms with Crippen LogP contribution in [0.1, 0.15) is 5.56 Å². The van der Waals surface area contributed by atoms with Gasteiger partial charge in [-0.1, -0.05) is 5.21 Å². The van der Waals surface area contributed by atoms with Gasteiger partial charge in [0.05, 0.1) is 11.9 Å². The lowest BCUT2D eigenvalue weighted by Gasteiger charge is -2.07. The fourth-order valence-electron chi connectivity index (χ4n) is 1.46. The van der Waals surface area contributed by atoms with E-state index in [2.05, 4.69) is 25.6 Å². The number of anilines is 1. The maximum Gasteiger partial charge on any atom is 0.132 e. The number of rotatable bonds is 2. The van der Waals surface area contributed by atoms with E-state index in [0.29, 0.717) is 0 Å². The summed E-state index contributed by atoms with van der Waals surface area (Å²) in [6, 6.07) is 0. The van der Waals surface area contributed by atoms with Crippen LogP contribution in [0.25, 0.3) is 11.4 Å². The van der Waals surface area contributed by atoms with Crippen LogP contribution < -0.4 is 5.32 Å². The Morgan fingerprint density at radius 3 is 2.73 bits per heavy atom. The Bertz CT molecular complexity index is 475. The highest BCUT2D eigenvalue weighted by molar-refractivity contribution is 5.63. The van der Waals surface area contributed by atoms with Gasteiger partial charge < -0.3 is 5.32 Å². The van der Waals surface area contributed by atoms with E-state index in [1.165, 1.54) is 6.33 Å². The van der Waals surface area contributed by atoms with Crippen molar-refractivity contribution in [2.45, 2.75) is 6.92 Å². The molecular weight excluding hydrogens is 192 g/mol. The van der Waals surface area contributed by atoms with E-state index in [1.807, 2.05) is 21.0 Å². The number of nitrogens with zero attached hydrogens (tertiary/aromatic N) is 5. The van der Waals surface area contributed by atoms with E-state index in [-0.39, 0.29) is 0 Å². The van der Waals surface area contributed by atoms with Gasteiger partial charge in [0, 0.05) is 19.7 Å². The highest BCUT2D eigenvalue weighted by atomic mass is 15.4.